The standard InChI is InChI=1S/C11H12N/c1-3-9-12(2)10-11-7-5-4-6-8-11/h4-8H,9-10H2,2H3. The summed E-state index contributed by atoms with van der Waals surface area (Å²) in [7, 11) is 1.98. The molecule has 0 N–H and O–H groups in total. The fraction of sp³-hybridized carbons (Fsp3) is 0.273. The summed E-state index contributed by atoms with van der Waals surface area (Å²) in [4.78, 5) is 2.04. The van der Waals surface area contributed by atoms with Crippen LogP contribution in [0.4, 0.5) is 0 Å². The van der Waals surface area contributed by atoms with Crippen molar-refractivity contribution in [3.8, 4) is 5.92 Å². The monoisotopic (exact) mass is 158 g/mol. The molecule has 1 heteroatoms. The second-order valence-corrected chi connectivity index (χ2v) is 2.83. The predicted octanol–water partition coefficient (Wildman–Crippen LogP) is 1.71. The molecule has 0 amide bonds. The van der Waals surface area contributed by atoms with E-state index in [-0.39, 0.29) is 0 Å². The highest BCUT2D eigenvalue weighted by Crippen LogP contribution is 2.01. The molecule has 0 atom stereocenters. The highest BCUT2D eigenvalue weighted by atomic mass is 15.1. The van der Waals surface area contributed by atoms with Gasteiger partial charge in [-0.1, -0.05) is 36.3 Å². The zero-order chi connectivity index (χ0) is 8.81. The Morgan fingerprint density at radius 3 is 2.58 bits per heavy atom. The first-order valence-electron chi connectivity index (χ1n) is 3.95. The molecule has 0 unspecified atom stereocenters. The van der Waals surface area contributed by atoms with Gasteiger partial charge in [-0.15, -0.1) is 0 Å². The third-order valence-corrected chi connectivity index (χ3v) is 1.64. The van der Waals surface area contributed by atoms with Crippen LogP contribution in [0.1, 0.15) is 5.56 Å². The fourth-order valence-electron chi connectivity index (χ4n) is 1.09. The number of hydrogen-bond acceptors (Lipinski definition) is 1. The van der Waals surface area contributed by atoms with E-state index in [0.29, 0.717) is 6.54 Å². The van der Waals surface area contributed by atoms with Crippen LogP contribution >= 0.6 is 0 Å². The third kappa shape index (κ3) is 2.77. The lowest BCUT2D eigenvalue weighted by Gasteiger charge is -2.12. The lowest BCUT2D eigenvalue weighted by molar-refractivity contribution is 0.369. The van der Waals surface area contributed by atoms with Gasteiger partial charge in [-0.25, -0.2) is 0 Å². The first kappa shape index (κ1) is 8.83. The van der Waals surface area contributed by atoms with Crippen LogP contribution in [0.3, 0.4) is 0 Å². The maximum atomic E-state index is 6.81. The van der Waals surface area contributed by atoms with E-state index in [9.17, 15) is 0 Å². The van der Waals surface area contributed by atoms with E-state index in [1.165, 1.54) is 5.56 Å². The second kappa shape index (κ2) is 4.58. The lowest BCUT2D eigenvalue weighted by Crippen LogP contribution is -2.17. The van der Waals surface area contributed by atoms with Gasteiger partial charge in [0.2, 0.25) is 0 Å². The summed E-state index contributed by atoms with van der Waals surface area (Å²) in [5.41, 5.74) is 1.27. The van der Waals surface area contributed by atoms with Gasteiger partial charge in [-0.05, 0) is 19.0 Å². The van der Waals surface area contributed by atoms with Crippen LogP contribution in [0, 0.1) is 12.3 Å². The summed E-state index contributed by atoms with van der Waals surface area (Å²) in [5, 5.41) is 0. The minimum Gasteiger partial charge on any atom is -0.291 e. The van der Waals surface area contributed by atoms with E-state index in [1.54, 1.807) is 0 Å². The molecule has 0 bridgehead atoms. The molecule has 0 fully saturated rings. The zero-order valence-electron chi connectivity index (χ0n) is 7.25. The molecule has 1 aromatic rings. The predicted molar refractivity (Wildman–Crippen MR) is 49.9 cm³/mol. The summed E-state index contributed by atoms with van der Waals surface area (Å²) < 4.78 is 0. The maximum absolute atomic E-state index is 6.81. The van der Waals surface area contributed by atoms with E-state index in [2.05, 4.69) is 18.1 Å². The number of hydrogen-bond donors (Lipinski definition) is 0. The molecule has 1 rings (SSSR count). The smallest absolute Gasteiger partial charge is 0.0612 e. The van der Waals surface area contributed by atoms with Crippen molar-refractivity contribution < 1.29 is 0 Å². The number of rotatable bonds is 3. The molecule has 0 aliphatic heterocycles. The summed E-state index contributed by atoms with van der Waals surface area (Å²) in [6.07, 6.45) is 6.81. The fourth-order valence-corrected chi connectivity index (χ4v) is 1.09. The van der Waals surface area contributed by atoms with Crippen LogP contribution in [-0.2, 0) is 6.54 Å². The zero-order valence-corrected chi connectivity index (χ0v) is 7.25. The van der Waals surface area contributed by atoms with E-state index in [1.807, 2.05) is 30.1 Å². The number of nitrogens with zero attached hydrogens (tertiary/aromatic N) is 1. The van der Waals surface area contributed by atoms with Crippen molar-refractivity contribution in [3.05, 3.63) is 42.3 Å². The van der Waals surface area contributed by atoms with Gasteiger partial charge >= 0.3 is 0 Å². The van der Waals surface area contributed by atoms with Crippen molar-refractivity contribution >= 4 is 0 Å². The minimum absolute atomic E-state index is 0.592. The molecule has 1 aromatic carbocycles. The normalized spacial score (nSPS) is 9.75. The molecular formula is C11H12N. The van der Waals surface area contributed by atoms with Crippen molar-refractivity contribution in [1.29, 1.82) is 0 Å². The average molecular weight is 158 g/mol. The van der Waals surface area contributed by atoms with E-state index in [4.69, 9.17) is 6.42 Å². The molecule has 0 spiro atoms. The largest absolute Gasteiger partial charge is 0.291 e. The van der Waals surface area contributed by atoms with Crippen LogP contribution in [-0.4, -0.2) is 18.5 Å². The van der Waals surface area contributed by atoms with E-state index >= 15 is 0 Å². The molecule has 0 aliphatic carbocycles. The Hall–Kier alpha value is -1.26. The minimum atomic E-state index is 0.592. The van der Waals surface area contributed by atoms with Gasteiger partial charge in [0, 0.05) is 6.54 Å². The summed E-state index contributed by atoms with van der Waals surface area (Å²) >= 11 is 0. The van der Waals surface area contributed by atoms with Crippen LogP contribution in [0.5, 0.6) is 0 Å². The second-order valence-electron chi connectivity index (χ2n) is 2.83. The van der Waals surface area contributed by atoms with Gasteiger partial charge in [-0.3, -0.25) is 4.90 Å². The van der Waals surface area contributed by atoms with Crippen LogP contribution in [0.25, 0.3) is 0 Å². The average Bonchev–Trinajstić information content (AvgIpc) is 2.06. The van der Waals surface area contributed by atoms with Gasteiger partial charge in [0.25, 0.3) is 0 Å². The Labute approximate surface area is 74.0 Å². The molecule has 0 aliphatic rings. The Morgan fingerprint density at radius 2 is 2.00 bits per heavy atom. The molecule has 0 heterocycles. The van der Waals surface area contributed by atoms with Gasteiger partial charge < -0.3 is 0 Å². The molecule has 1 nitrogen and oxygen atoms in total. The lowest BCUT2D eigenvalue weighted by atomic mass is 10.2. The van der Waals surface area contributed by atoms with E-state index in [0.717, 1.165) is 6.54 Å². The van der Waals surface area contributed by atoms with Crippen molar-refractivity contribution in [3.63, 3.8) is 0 Å². The molecule has 0 aromatic heterocycles. The molecular weight excluding hydrogens is 146 g/mol. The summed E-state index contributed by atoms with van der Waals surface area (Å²) in [6, 6.07) is 10.2. The Bertz CT molecular complexity index is 258. The van der Waals surface area contributed by atoms with Crippen LogP contribution in [0.15, 0.2) is 30.3 Å². The van der Waals surface area contributed by atoms with Gasteiger partial charge in [0.1, 0.15) is 0 Å². The first-order chi connectivity index (χ1) is 5.83. The van der Waals surface area contributed by atoms with Gasteiger partial charge in [-0.2, -0.15) is 0 Å². The number of benzene rings is 1. The SMILES string of the molecule is [C]#CCN(C)Cc1ccccc1. The van der Waals surface area contributed by atoms with Gasteiger partial charge in [0.15, 0.2) is 0 Å². The highest BCUT2D eigenvalue weighted by molar-refractivity contribution is 5.14. The topological polar surface area (TPSA) is 3.24 Å². The first-order valence-corrected chi connectivity index (χ1v) is 3.95. The Morgan fingerprint density at radius 1 is 1.33 bits per heavy atom. The highest BCUT2D eigenvalue weighted by Gasteiger charge is 1.95. The van der Waals surface area contributed by atoms with Crippen molar-refractivity contribution in [2.75, 3.05) is 13.6 Å². The van der Waals surface area contributed by atoms with E-state index < -0.39 is 0 Å². The van der Waals surface area contributed by atoms with Crippen molar-refractivity contribution in [2.24, 2.45) is 0 Å². The summed E-state index contributed by atoms with van der Waals surface area (Å²) in [5.74, 6) is 2.36. The molecule has 12 heavy (non-hydrogen) atoms. The van der Waals surface area contributed by atoms with Crippen LogP contribution in [0.2, 0.25) is 0 Å². The molecule has 0 saturated carbocycles. The van der Waals surface area contributed by atoms with Crippen molar-refractivity contribution in [2.45, 2.75) is 6.54 Å². The third-order valence-electron chi connectivity index (χ3n) is 1.64. The maximum Gasteiger partial charge on any atom is 0.0612 e. The Kier molecular flexibility index (Phi) is 3.37. The van der Waals surface area contributed by atoms with Gasteiger partial charge in [0.05, 0.1) is 6.54 Å². The Balaban J connectivity index is 2.48. The molecule has 1 radical (unpaired) electrons. The molecule has 0 saturated heterocycles. The van der Waals surface area contributed by atoms with Crippen molar-refractivity contribution in [1.82, 2.24) is 4.90 Å². The summed E-state index contributed by atoms with van der Waals surface area (Å²) in [6.45, 7) is 1.47. The van der Waals surface area contributed by atoms with Crippen LogP contribution < -0.4 is 0 Å². The molecule has 61 valence electrons. The quantitative estimate of drug-likeness (QED) is 0.605.